The molecule has 0 aromatic carbocycles. The Bertz CT molecular complexity index is 788. The van der Waals surface area contributed by atoms with Gasteiger partial charge in [0, 0.05) is 29.7 Å². The van der Waals surface area contributed by atoms with Gasteiger partial charge in [-0.2, -0.15) is 0 Å². The average Bonchev–Trinajstić information content (AvgIpc) is 3.14. The second-order valence-corrected chi connectivity index (χ2v) is 6.50. The van der Waals surface area contributed by atoms with Gasteiger partial charge in [-0.3, -0.25) is 9.97 Å². The number of aryl methyl sites for hydroxylation is 1. The molecule has 3 aromatic rings. The molecule has 0 N–H and O–H groups in total. The molecular weight excluding hydrogens is 306 g/mol. The van der Waals surface area contributed by atoms with Gasteiger partial charge in [-0.15, -0.1) is 11.3 Å². The molecule has 0 amide bonds. The minimum Gasteiger partial charge on any atom is -0.471 e. The third kappa shape index (κ3) is 3.10. The van der Waals surface area contributed by atoms with Crippen molar-refractivity contribution in [2.45, 2.75) is 32.3 Å². The summed E-state index contributed by atoms with van der Waals surface area (Å²) in [5.41, 5.74) is 6.56. The summed E-state index contributed by atoms with van der Waals surface area (Å²) in [6, 6.07) is 7.89. The number of hydrogen-bond donors (Lipinski definition) is 0. The standard InChI is InChI=1S/C18H17N3OS/c1-2-7-16-14(6-1)15(17-10-19-12-23-17)9-18(21-16)22-11-13-5-3-4-8-20-13/h3-5,8-10,12H,1-2,6-7,11H2. The van der Waals surface area contributed by atoms with Gasteiger partial charge in [0.05, 0.1) is 16.1 Å². The molecule has 4 nitrogen and oxygen atoms in total. The molecule has 3 heterocycles. The largest absolute Gasteiger partial charge is 0.471 e. The van der Waals surface area contributed by atoms with Crippen LogP contribution in [-0.4, -0.2) is 15.0 Å². The highest BCUT2D eigenvalue weighted by atomic mass is 32.1. The summed E-state index contributed by atoms with van der Waals surface area (Å²) >= 11 is 1.67. The number of pyridine rings is 2. The summed E-state index contributed by atoms with van der Waals surface area (Å²) in [4.78, 5) is 14.4. The molecule has 1 aliphatic rings. The SMILES string of the molecule is c1ccc(COc2cc(-c3cncs3)c3c(n2)CCCC3)nc1. The quantitative estimate of drug-likeness (QED) is 0.726. The van der Waals surface area contributed by atoms with Crippen LogP contribution in [0, 0.1) is 0 Å². The van der Waals surface area contributed by atoms with Crippen molar-refractivity contribution in [3.8, 4) is 16.3 Å². The summed E-state index contributed by atoms with van der Waals surface area (Å²) in [6.45, 7) is 0.439. The predicted molar refractivity (Wildman–Crippen MR) is 90.6 cm³/mol. The fourth-order valence-electron chi connectivity index (χ4n) is 2.95. The predicted octanol–water partition coefficient (Wildman–Crippen LogP) is 4.06. The zero-order valence-electron chi connectivity index (χ0n) is 12.7. The number of nitrogens with zero attached hydrogens (tertiary/aromatic N) is 3. The Kier molecular flexibility index (Phi) is 4.03. The molecule has 0 saturated heterocycles. The molecule has 0 unspecified atom stereocenters. The van der Waals surface area contributed by atoms with Crippen molar-refractivity contribution in [3.05, 3.63) is 59.1 Å². The molecule has 0 fully saturated rings. The first-order chi connectivity index (χ1) is 11.4. The van der Waals surface area contributed by atoms with Crippen LogP contribution in [0.3, 0.4) is 0 Å². The van der Waals surface area contributed by atoms with Crippen molar-refractivity contribution in [1.82, 2.24) is 15.0 Å². The van der Waals surface area contributed by atoms with Crippen LogP contribution in [0.2, 0.25) is 0 Å². The van der Waals surface area contributed by atoms with Gasteiger partial charge in [-0.05, 0) is 43.4 Å². The number of aromatic nitrogens is 3. The molecule has 4 rings (SSSR count). The maximum atomic E-state index is 5.91. The number of ether oxygens (including phenoxy) is 1. The first-order valence-electron chi connectivity index (χ1n) is 7.84. The minimum absolute atomic E-state index is 0.439. The molecule has 23 heavy (non-hydrogen) atoms. The number of hydrogen-bond acceptors (Lipinski definition) is 5. The second kappa shape index (κ2) is 6.46. The van der Waals surface area contributed by atoms with Crippen molar-refractivity contribution in [3.63, 3.8) is 0 Å². The van der Waals surface area contributed by atoms with Crippen molar-refractivity contribution >= 4 is 11.3 Å². The molecule has 0 saturated carbocycles. The molecule has 1 aliphatic carbocycles. The van der Waals surface area contributed by atoms with Gasteiger partial charge in [0.1, 0.15) is 6.61 Å². The van der Waals surface area contributed by atoms with E-state index in [1.165, 1.54) is 34.5 Å². The highest BCUT2D eigenvalue weighted by Crippen LogP contribution is 2.35. The third-order valence-corrected chi connectivity index (χ3v) is 4.88. The summed E-state index contributed by atoms with van der Waals surface area (Å²) in [6.07, 6.45) is 8.26. The van der Waals surface area contributed by atoms with E-state index in [1.54, 1.807) is 17.5 Å². The van der Waals surface area contributed by atoms with E-state index < -0.39 is 0 Å². The zero-order chi connectivity index (χ0) is 15.5. The van der Waals surface area contributed by atoms with E-state index in [0.29, 0.717) is 12.5 Å². The first kappa shape index (κ1) is 14.3. The maximum Gasteiger partial charge on any atom is 0.214 e. The van der Waals surface area contributed by atoms with Crippen LogP contribution in [0.4, 0.5) is 0 Å². The Morgan fingerprint density at radius 3 is 2.96 bits per heavy atom. The van der Waals surface area contributed by atoms with Gasteiger partial charge in [-0.1, -0.05) is 6.07 Å². The summed E-state index contributed by atoms with van der Waals surface area (Å²) < 4.78 is 5.91. The second-order valence-electron chi connectivity index (χ2n) is 5.62. The van der Waals surface area contributed by atoms with Gasteiger partial charge in [0.15, 0.2) is 0 Å². The van der Waals surface area contributed by atoms with Crippen molar-refractivity contribution in [2.24, 2.45) is 0 Å². The molecule has 116 valence electrons. The van der Waals surface area contributed by atoms with Crippen LogP contribution in [0.5, 0.6) is 5.88 Å². The Morgan fingerprint density at radius 1 is 1.17 bits per heavy atom. The Hall–Kier alpha value is -2.27. The Balaban J connectivity index is 1.66. The van der Waals surface area contributed by atoms with E-state index in [2.05, 4.69) is 16.0 Å². The van der Waals surface area contributed by atoms with Crippen LogP contribution < -0.4 is 4.74 Å². The van der Waals surface area contributed by atoms with E-state index in [4.69, 9.17) is 9.72 Å². The fourth-order valence-corrected chi connectivity index (χ4v) is 3.62. The van der Waals surface area contributed by atoms with E-state index in [0.717, 1.165) is 18.5 Å². The lowest BCUT2D eigenvalue weighted by atomic mass is 9.92. The van der Waals surface area contributed by atoms with E-state index in [9.17, 15) is 0 Å². The molecule has 0 spiro atoms. The Morgan fingerprint density at radius 2 is 2.13 bits per heavy atom. The zero-order valence-corrected chi connectivity index (χ0v) is 13.6. The fraction of sp³-hybridized carbons (Fsp3) is 0.278. The summed E-state index contributed by atoms with van der Waals surface area (Å²) in [7, 11) is 0. The molecule has 0 radical (unpaired) electrons. The lowest BCUT2D eigenvalue weighted by molar-refractivity contribution is 0.288. The van der Waals surface area contributed by atoms with Crippen LogP contribution in [0.1, 0.15) is 29.8 Å². The minimum atomic E-state index is 0.439. The van der Waals surface area contributed by atoms with Gasteiger partial charge in [0.25, 0.3) is 0 Å². The topological polar surface area (TPSA) is 47.9 Å². The van der Waals surface area contributed by atoms with Crippen LogP contribution in [-0.2, 0) is 19.4 Å². The molecule has 5 heteroatoms. The molecule has 3 aromatic heterocycles. The highest BCUT2D eigenvalue weighted by molar-refractivity contribution is 7.13. The maximum absolute atomic E-state index is 5.91. The van der Waals surface area contributed by atoms with Crippen LogP contribution >= 0.6 is 11.3 Å². The summed E-state index contributed by atoms with van der Waals surface area (Å²) in [5, 5.41) is 0. The Labute approximate surface area is 139 Å². The monoisotopic (exact) mass is 323 g/mol. The third-order valence-electron chi connectivity index (χ3n) is 4.07. The first-order valence-corrected chi connectivity index (χ1v) is 8.72. The van der Waals surface area contributed by atoms with Gasteiger partial charge >= 0.3 is 0 Å². The van der Waals surface area contributed by atoms with Gasteiger partial charge in [-0.25, -0.2) is 4.98 Å². The van der Waals surface area contributed by atoms with E-state index in [1.807, 2.05) is 29.9 Å². The molecule has 0 aliphatic heterocycles. The summed E-state index contributed by atoms with van der Waals surface area (Å²) in [5.74, 6) is 0.680. The molecule has 0 bridgehead atoms. The van der Waals surface area contributed by atoms with Gasteiger partial charge < -0.3 is 4.74 Å². The van der Waals surface area contributed by atoms with E-state index >= 15 is 0 Å². The average molecular weight is 323 g/mol. The van der Waals surface area contributed by atoms with Crippen LogP contribution in [0.25, 0.3) is 10.4 Å². The van der Waals surface area contributed by atoms with E-state index in [-0.39, 0.29) is 0 Å². The normalized spacial score (nSPS) is 13.6. The number of fused-ring (bicyclic) bond motifs is 1. The smallest absolute Gasteiger partial charge is 0.214 e. The van der Waals surface area contributed by atoms with Crippen molar-refractivity contribution in [1.29, 1.82) is 0 Å². The number of thiazole rings is 1. The van der Waals surface area contributed by atoms with Crippen LogP contribution in [0.15, 0.2) is 42.2 Å². The highest BCUT2D eigenvalue weighted by Gasteiger charge is 2.18. The lowest BCUT2D eigenvalue weighted by Gasteiger charge is -2.19. The molecule has 0 atom stereocenters. The van der Waals surface area contributed by atoms with Crippen molar-refractivity contribution < 1.29 is 4.74 Å². The molecular formula is C18H17N3OS. The lowest BCUT2D eigenvalue weighted by Crippen LogP contribution is -2.09. The number of rotatable bonds is 4. The van der Waals surface area contributed by atoms with Gasteiger partial charge in [0.2, 0.25) is 5.88 Å². The van der Waals surface area contributed by atoms with Crippen molar-refractivity contribution in [2.75, 3.05) is 0 Å².